The average Bonchev–Trinajstić information content (AvgIpc) is 2.63. The summed E-state index contributed by atoms with van der Waals surface area (Å²) in [6.45, 7) is 8.49. The van der Waals surface area contributed by atoms with Crippen molar-refractivity contribution in [2.75, 3.05) is 42.9 Å². The normalized spacial score (nSPS) is 15.2. The summed E-state index contributed by atoms with van der Waals surface area (Å²) in [5, 5.41) is 3.02. The van der Waals surface area contributed by atoms with E-state index in [0.29, 0.717) is 6.42 Å². The number of anilines is 2. The third kappa shape index (κ3) is 4.76. The Morgan fingerprint density at radius 2 is 1.84 bits per heavy atom. The van der Waals surface area contributed by atoms with E-state index >= 15 is 0 Å². The maximum Gasteiger partial charge on any atom is 0.225 e. The van der Waals surface area contributed by atoms with Gasteiger partial charge in [-0.25, -0.2) is 9.97 Å². The van der Waals surface area contributed by atoms with Crippen molar-refractivity contribution in [3.05, 3.63) is 47.8 Å². The molecule has 1 aromatic carbocycles. The molecule has 2 heterocycles. The molecule has 2 aromatic rings. The molecule has 6 nitrogen and oxygen atoms in total. The number of carbonyl (C=O) groups excluding carboxylic acids is 1. The maximum absolute atomic E-state index is 12.2. The van der Waals surface area contributed by atoms with Gasteiger partial charge in [0.25, 0.3) is 0 Å². The number of nitrogens with one attached hydrogen (secondary N) is 1. The van der Waals surface area contributed by atoms with E-state index in [1.165, 1.54) is 5.56 Å². The van der Waals surface area contributed by atoms with Crippen LogP contribution in [0.2, 0.25) is 0 Å². The Bertz CT molecular complexity index is 711. The van der Waals surface area contributed by atoms with Crippen molar-refractivity contribution in [2.45, 2.75) is 20.3 Å². The van der Waals surface area contributed by atoms with Crippen LogP contribution in [-0.4, -0.2) is 53.5 Å². The Balaban J connectivity index is 1.43. The van der Waals surface area contributed by atoms with Crippen molar-refractivity contribution >= 4 is 17.5 Å². The zero-order valence-corrected chi connectivity index (χ0v) is 14.9. The van der Waals surface area contributed by atoms with Gasteiger partial charge in [-0.2, -0.15) is 0 Å². The van der Waals surface area contributed by atoms with Gasteiger partial charge in [-0.05, 0) is 31.5 Å². The molecule has 25 heavy (non-hydrogen) atoms. The summed E-state index contributed by atoms with van der Waals surface area (Å²) >= 11 is 0. The Morgan fingerprint density at radius 3 is 2.52 bits per heavy atom. The molecule has 6 heteroatoms. The van der Waals surface area contributed by atoms with Gasteiger partial charge < -0.3 is 10.2 Å². The quantitative estimate of drug-likeness (QED) is 0.905. The fourth-order valence-corrected chi connectivity index (χ4v) is 3.05. The number of piperazine rings is 1. The van der Waals surface area contributed by atoms with Crippen molar-refractivity contribution < 1.29 is 4.79 Å². The van der Waals surface area contributed by atoms with E-state index in [1.807, 2.05) is 25.1 Å². The van der Waals surface area contributed by atoms with E-state index in [4.69, 9.17) is 0 Å². The van der Waals surface area contributed by atoms with Crippen LogP contribution in [-0.2, 0) is 4.79 Å². The number of benzene rings is 1. The lowest BCUT2D eigenvalue weighted by molar-refractivity contribution is -0.116. The molecule has 1 fully saturated rings. The summed E-state index contributed by atoms with van der Waals surface area (Å²) in [7, 11) is 0. The lowest BCUT2D eigenvalue weighted by Gasteiger charge is -2.34. The third-order valence-electron chi connectivity index (χ3n) is 4.52. The molecule has 1 aliphatic rings. The number of aryl methyl sites for hydroxylation is 2. The molecule has 132 valence electrons. The van der Waals surface area contributed by atoms with Crippen molar-refractivity contribution in [3.8, 4) is 0 Å². The molecule has 1 amide bonds. The molecule has 0 spiro atoms. The second kappa shape index (κ2) is 8.07. The molecule has 1 N–H and O–H groups in total. The van der Waals surface area contributed by atoms with Crippen molar-refractivity contribution in [1.82, 2.24) is 14.9 Å². The summed E-state index contributed by atoms with van der Waals surface area (Å²) in [5.41, 5.74) is 3.21. The van der Waals surface area contributed by atoms with E-state index < -0.39 is 0 Å². The van der Waals surface area contributed by atoms with Crippen LogP contribution in [0.4, 0.5) is 11.6 Å². The third-order valence-corrected chi connectivity index (χ3v) is 4.52. The van der Waals surface area contributed by atoms with Gasteiger partial charge in [0.1, 0.15) is 0 Å². The molecule has 1 aliphatic heterocycles. The largest absolute Gasteiger partial charge is 0.338 e. The number of hydrogen-bond donors (Lipinski definition) is 1. The van der Waals surface area contributed by atoms with Crippen molar-refractivity contribution in [2.24, 2.45) is 0 Å². The number of rotatable bonds is 5. The van der Waals surface area contributed by atoms with Crippen molar-refractivity contribution in [3.63, 3.8) is 0 Å². The number of carbonyl (C=O) groups is 1. The molecule has 0 bridgehead atoms. The number of nitrogens with zero attached hydrogens (tertiary/aromatic N) is 4. The van der Waals surface area contributed by atoms with E-state index in [-0.39, 0.29) is 5.91 Å². The highest BCUT2D eigenvalue weighted by molar-refractivity contribution is 5.91. The Hall–Kier alpha value is -2.47. The Kier molecular flexibility index (Phi) is 5.60. The van der Waals surface area contributed by atoms with E-state index in [9.17, 15) is 4.79 Å². The molecule has 0 atom stereocenters. The average molecular weight is 339 g/mol. The topological polar surface area (TPSA) is 61.4 Å². The lowest BCUT2D eigenvalue weighted by atomic mass is 10.1. The Labute approximate surface area is 148 Å². The predicted molar refractivity (Wildman–Crippen MR) is 99.8 cm³/mol. The van der Waals surface area contributed by atoms with E-state index in [2.05, 4.69) is 38.1 Å². The van der Waals surface area contributed by atoms with Crippen LogP contribution in [0, 0.1) is 13.8 Å². The van der Waals surface area contributed by atoms with Gasteiger partial charge in [0.05, 0.1) is 0 Å². The zero-order chi connectivity index (χ0) is 17.6. The predicted octanol–water partition coefficient (Wildman–Crippen LogP) is 2.24. The standard InChI is InChI=1S/C19H25N5O/c1-15-4-5-17(16(2)14-15)22-18(25)6-9-23-10-12-24(13-11-23)19-20-7-3-8-21-19/h3-5,7-8,14H,6,9-13H2,1-2H3,(H,22,25). The number of amides is 1. The van der Waals surface area contributed by atoms with Gasteiger partial charge >= 0.3 is 0 Å². The molecule has 0 aliphatic carbocycles. The molecule has 0 radical (unpaired) electrons. The number of aromatic nitrogens is 2. The van der Waals surface area contributed by atoms with Crippen LogP contribution in [0.15, 0.2) is 36.7 Å². The highest BCUT2D eigenvalue weighted by atomic mass is 16.1. The molecular weight excluding hydrogens is 314 g/mol. The summed E-state index contributed by atoms with van der Waals surface area (Å²) < 4.78 is 0. The maximum atomic E-state index is 12.2. The van der Waals surface area contributed by atoms with Crippen LogP contribution in [0.1, 0.15) is 17.5 Å². The summed E-state index contributed by atoms with van der Waals surface area (Å²) in [6.07, 6.45) is 4.05. The van der Waals surface area contributed by atoms with Gasteiger partial charge in [-0.15, -0.1) is 0 Å². The monoisotopic (exact) mass is 339 g/mol. The van der Waals surface area contributed by atoms with Crippen LogP contribution in [0.5, 0.6) is 0 Å². The molecule has 0 unspecified atom stereocenters. The first kappa shape index (κ1) is 17.4. The fraction of sp³-hybridized carbons (Fsp3) is 0.421. The van der Waals surface area contributed by atoms with E-state index in [0.717, 1.165) is 49.9 Å². The Morgan fingerprint density at radius 1 is 1.12 bits per heavy atom. The van der Waals surface area contributed by atoms with Gasteiger partial charge in [0.2, 0.25) is 11.9 Å². The van der Waals surface area contributed by atoms with Gasteiger partial charge in [0.15, 0.2) is 0 Å². The summed E-state index contributed by atoms with van der Waals surface area (Å²) in [6, 6.07) is 7.91. The molecule has 1 aromatic heterocycles. The van der Waals surface area contributed by atoms with Crippen LogP contribution < -0.4 is 10.2 Å². The van der Waals surface area contributed by atoms with Crippen molar-refractivity contribution in [1.29, 1.82) is 0 Å². The highest BCUT2D eigenvalue weighted by Gasteiger charge is 2.19. The first-order valence-corrected chi connectivity index (χ1v) is 8.73. The first-order valence-electron chi connectivity index (χ1n) is 8.73. The van der Waals surface area contributed by atoms with Crippen LogP contribution >= 0.6 is 0 Å². The molecular formula is C19H25N5O. The summed E-state index contributed by atoms with van der Waals surface area (Å²) in [4.78, 5) is 25.3. The lowest BCUT2D eigenvalue weighted by Crippen LogP contribution is -2.47. The minimum atomic E-state index is 0.0702. The number of hydrogen-bond acceptors (Lipinski definition) is 5. The highest BCUT2D eigenvalue weighted by Crippen LogP contribution is 2.16. The van der Waals surface area contributed by atoms with Crippen LogP contribution in [0.25, 0.3) is 0 Å². The molecule has 0 saturated carbocycles. The van der Waals surface area contributed by atoms with Gasteiger partial charge in [-0.1, -0.05) is 17.7 Å². The van der Waals surface area contributed by atoms with E-state index in [1.54, 1.807) is 12.4 Å². The first-order chi connectivity index (χ1) is 12.1. The molecule has 1 saturated heterocycles. The van der Waals surface area contributed by atoms with Gasteiger partial charge in [0, 0.05) is 57.2 Å². The second-order valence-electron chi connectivity index (χ2n) is 6.49. The SMILES string of the molecule is Cc1ccc(NC(=O)CCN2CCN(c3ncccn3)CC2)c(C)c1. The van der Waals surface area contributed by atoms with Crippen LogP contribution in [0.3, 0.4) is 0 Å². The summed E-state index contributed by atoms with van der Waals surface area (Å²) in [5.74, 6) is 0.857. The minimum Gasteiger partial charge on any atom is -0.338 e. The smallest absolute Gasteiger partial charge is 0.225 e. The second-order valence-corrected chi connectivity index (χ2v) is 6.49. The minimum absolute atomic E-state index is 0.0702. The zero-order valence-electron chi connectivity index (χ0n) is 14.9. The molecule has 3 rings (SSSR count). The van der Waals surface area contributed by atoms with Gasteiger partial charge in [-0.3, -0.25) is 9.69 Å². The fourth-order valence-electron chi connectivity index (χ4n) is 3.05.